The number of hydrogen-bond acceptors (Lipinski definition) is 3. The van der Waals surface area contributed by atoms with Gasteiger partial charge < -0.3 is 0 Å². The molecule has 78 valence electrons. The molecule has 0 fully saturated rings. The maximum Gasteiger partial charge on any atom is 0.136 e. The fourth-order valence-corrected chi connectivity index (χ4v) is 2.46. The van der Waals surface area contributed by atoms with Crippen LogP contribution in [0, 0.1) is 0 Å². The average molecular weight is 239 g/mol. The Balaban J connectivity index is 2.51. The summed E-state index contributed by atoms with van der Waals surface area (Å²) in [6, 6.07) is 4.08. The summed E-state index contributed by atoms with van der Waals surface area (Å²) < 4.78 is 0. The molecule has 0 atom stereocenters. The minimum Gasteiger partial charge on any atom is -0.235 e. The first-order chi connectivity index (χ1) is 7.33. The van der Waals surface area contributed by atoms with Gasteiger partial charge in [-0.2, -0.15) is 0 Å². The molecular weight excluding hydrogens is 228 g/mol. The van der Waals surface area contributed by atoms with Gasteiger partial charge in [-0.25, -0.2) is 9.97 Å². The molecule has 0 aliphatic heterocycles. The van der Waals surface area contributed by atoms with Gasteiger partial charge in [-0.3, -0.25) is 0 Å². The number of rotatable bonds is 3. The molecule has 2 rings (SSSR count). The van der Waals surface area contributed by atoms with E-state index in [0.29, 0.717) is 5.15 Å². The van der Waals surface area contributed by atoms with Crippen LogP contribution in [-0.2, 0) is 6.42 Å². The molecule has 0 aliphatic carbocycles. The molecule has 0 amide bonds. The van der Waals surface area contributed by atoms with Crippen LogP contribution in [-0.4, -0.2) is 9.97 Å². The lowest BCUT2D eigenvalue weighted by molar-refractivity contribution is 0.905. The van der Waals surface area contributed by atoms with Crippen LogP contribution in [0.4, 0.5) is 0 Å². The van der Waals surface area contributed by atoms with Gasteiger partial charge in [-0.1, -0.05) is 31.0 Å². The van der Waals surface area contributed by atoms with Crippen molar-refractivity contribution in [3.05, 3.63) is 34.6 Å². The molecule has 0 aliphatic rings. The summed E-state index contributed by atoms with van der Waals surface area (Å²) in [7, 11) is 0. The quantitative estimate of drug-likeness (QED) is 0.760. The van der Waals surface area contributed by atoms with Crippen molar-refractivity contribution in [2.45, 2.75) is 19.8 Å². The zero-order valence-electron chi connectivity index (χ0n) is 8.40. The molecule has 2 aromatic rings. The third-order valence-electron chi connectivity index (χ3n) is 2.15. The second-order valence-corrected chi connectivity index (χ2v) is 4.52. The molecule has 0 N–H and O–H groups in total. The van der Waals surface area contributed by atoms with Crippen molar-refractivity contribution in [1.82, 2.24) is 9.97 Å². The van der Waals surface area contributed by atoms with E-state index in [4.69, 9.17) is 11.6 Å². The molecular formula is C11H11ClN2S. The van der Waals surface area contributed by atoms with E-state index in [0.717, 1.165) is 29.0 Å². The molecule has 0 aromatic carbocycles. The highest BCUT2D eigenvalue weighted by Crippen LogP contribution is 2.29. The Hall–Kier alpha value is -0.930. The molecule has 0 saturated heterocycles. The van der Waals surface area contributed by atoms with Crippen molar-refractivity contribution in [2.75, 3.05) is 0 Å². The summed E-state index contributed by atoms with van der Waals surface area (Å²) in [5, 5.41) is 2.62. The van der Waals surface area contributed by atoms with E-state index < -0.39 is 0 Å². The second-order valence-electron chi connectivity index (χ2n) is 3.22. The maximum atomic E-state index is 6.08. The van der Waals surface area contributed by atoms with Gasteiger partial charge in [-0.05, 0) is 17.9 Å². The first-order valence-corrected chi connectivity index (χ1v) is 6.12. The van der Waals surface area contributed by atoms with Gasteiger partial charge in [0.25, 0.3) is 0 Å². The number of thiophene rings is 1. The van der Waals surface area contributed by atoms with E-state index in [1.807, 2.05) is 11.4 Å². The number of hydrogen-bond donors (Lipinski definition) is 0. The fraction of sp³-hybridized carbons (Fsp3) is 0.273. The van der Waals surface area contributed by atoms with Crippen LogP contribution < -0.4 is 0 Å². The molecule has 0 spiro atoms. The summed E-state index contributed by atoms with van der Waals surface area (Å²) in [6.07, 6.45) is 3.49. The molecule has 2 heterocycles. The predicted molar refractivity (Wildman–Crippen MR) is 64.4 cm³/mol. The molecule has 15 heavy (non-hydrogen) atoms. The van der Waals surface area contributed by atoms with Crippen molar-refractivity contribution in [2.24, 2.45) is 0 Å². The van der Waals surface area contributed by atoms with Crippen LogP contribution in [0.25, 0.3) is 10.6 Å². The van der Waals surface area contributed by atoms with E-state index in [-0.39, 0.29) is 0 Å². The van der Waals surface area contributed by atoms with Crippen LogP contribution in [0.15, 0.2) is 23.8 Å². The van der Waals surface area contributed by atoms with E-state index in [1.165, 1.54) is 6.33 Å². The first kappa shape index (κ1) is 10.6. The molecule has 0 unspecified atom stereocenters. The van der Waals surface area contributed by atoms with Gasteiger partial charge in [0.1, 0.15) is 11.5 Å². The Kier molecular flexibility index (Phi) is 3.34. The van der Waals surface area contributed by atoms with E-state index in [2.05, 4.69) is 23.0 Å². The zero-order chi connectivity index (χ0) is 10.7. The molecule has 4 heteroatoms. The van der Waals surface area contributed by atoms with Crippen molar-refractivity contribution >= 4 is 22.9 Å². The Bertz CT molecular complexity index is 440. The highest BCUT2D eigenvalue weighted by molar-refractivity contribution is 7.13. The van der Waals surface area contributed by atoms with Gasteiger partial charge >= 0.3 is 0 Å². The predicted octanol–water partition coefficient (Wildman–Crippen LogP) is 3.81. The topological polar surface area (TPSA) is 25.8 Å². The standard InChI is InChI=1S/C11H11ClN2S/c1-2-4-8-10(9-5-3-6-15-9)13-7-14-11(8)12/h3,5-7H,2,4H2,1H3. The van der Waals surface area contributed by atoms with Crippen molar-refractivity contribution < 1.29 is 0 Å². The number of aromatic nitrogens is 2. The highest BCUT2D eigenvalue weighted by Gasteiger charge is 2.11. The van der Waals surface area contributed by atoms with E-state index in [9.17, 15) is 0 Å². The largest absolute Gasteiger partial charge is 0.235 e. The average Bonchev–Trinajstić information content (AvgIpc) is 2.74. The molecule has 0 saturated carbocycles. The van der Waals surface area contributed by atoms with E-state index >= 15 is 0 Å². The smallest absolute Gasteiger partial charge is 0.136 e. The SMILES string of the molecule is CCCc1c(Cl)ncnc1-c1cccs1. The molecule has 2 nitrogen and oxygen atoms in total. The normalized spacial score (nSPS) is 10.5. The third-order valence-corrected chi connectivity index (χ3v) is 3.35. The van der Waals surface area contributed by atoms with Gasteiger partial charge in [0, 0.05) is 5.56 Å². The van der Waals surface area contributed by atoms with Gasteiger partial charge in [0.15, 0.2) is 0 Å². The van der Waals surface area contributed by atoms with Crippen LogP contribution in [0.3, 0.4) is 0 Å². The lowest BCUT2D eigenvalue weighted by Crippen LogP contribution is -1.95. The zero-order valence-corrected chi connectivity index (χ0v) is 9.98. The fourth-order valence-electron chi connectivity index (χ4n) is 1.49. The van der Waals surface area contributed by atoms with Crippen molar-refractivity contribution in [1.29, 1.82) is 0 Å². The summed E-state index contributed by atoms with van der Waals surface area (Å²) in [6.45, 7) is 2.13. The number of halogens is 1. The van der Waals surface area contributed by atoms with Crippen LogP contribution >= 0.6 is 22.9 Å². The number of nitrogens with zero attached hydrogens (tertiary/aromatic N) is 2. The Morgan fingerprint density at radius 3 is 2.93 bits per heavy atom. The molecule has 0 bridgehead atoms. The van der Waals surface area contributed by atoms with Gasteiger partial charge in [-0.15, -0.1) is 11.3 Å². The van der Waals surface area contributed by atoms with Crippen molar-refractivity contribution in [3.63, 3.8) is 0 Å². The monoisotopic (exact) mass is 238 g/mol. The van der Waals surface area contributed by atoms with Gasteiger partial charge in [0.05, 0.1) is 10.6 Å². The van der Waals surface area contributed by atoms with Gasteiger partial charge in [0.2, 0.25) is 0 Å². The summed E-state index contributed by atoms with van der Waals surface area (Å²) in [4.78, 5) is 9.50. The Morgan fingerprint density at radius 1 is 1.40 bits per heavy atom. The summed E-state index contributed by atoms with van der Waals surface area (Å²) >= 11 is 7.75. The Morgan fingerprint density at radius 2 is 2.27 bits per heavy atom. The third kappa shape index (κ3) is 2.19. The lowest BCUT2D eigenvalue weighted by atomic mass is 10.1. The highest BCUT2D eigenvalue weighted by atomic mass is 35.5. The maximum absolute atomic E-state index is 6.08. The van der Waals surface area contributed by atoms with Crippen LogP contribution in [0.2, 0.25) is 5.15 Å². The second kappa shape index (κ2) is 4.73. The minimum absolute atomic E-state index is 0.579. The van der Waals surface area contributed by atoms with E-state index in [1.54, 1.807) is 11.3 Å². The summed E-state index contributed by atoms with van der Waals surface area (Å²) in [5.41, 5.74) is 2.04. The van der Waals surface area contributed by atoms with Crippen LogP contribution in [0.1, 0.15) is 18.9 Å². The Labute approximate surface area is 98.0 Å². The van der Waals surface area contributed by atoms with Crippen LogP contribution in [0.5, 0.6) is 0 Å². The van der Waals surface area contributed by atoms with Crippen molar-refractivity contribution in [3.8, 4) is 10.6 Å². The molecule has 2 aromatic heterocycles. The first-order valence-electron chi connectivity index (χ1n) is 4.86. The molecule has 0 radical (unpaired) electrons. The lowest BCUT2D eigenvalue weighted by Gasteiger charge is -2.06. The summed E-state index contributed by atoms with van der Waals surface area (Å²) in [5.74, 6) is 0. The minimum atomic E-state index is 0.579.